The van der Waals surface area contributed by atoms with E-state index in [-0.39, 0.29) is 17.2 Å². The average molecular weight is 353 g/mol. The molecular weight excluding hydrogens is 334 g/mol. The second kappa shape index (κ2) is 6.52. The smallest absolute Gasteiger partial charge is 0.262 e. The van der Waals surface area contributed by atoms with E-state index in [1.54, 1.807) is 4.57 Å². The minimum absolute atomic E-state index is 0.00279. The van der Waals surface area contributed by atoms with Crippen molar-refractivity contribution < 1.29 is 4.79 Å². The second-order valence-electron chi connectivity index (χ2n) is 6.29. The number of nitrogens with zero attached hydrogens (tertiary/aromatic N) is 2. The summed E-state index contributed by atoms with van der Waals surface area (Å²) in [5, 5.41) is 6.26. The highest BCUT2D eigenvalue weighted by Crippen LogP contribution is 2.23. The first-order chi connectivity index (χ1) is 12.2. The summed E-state index contributed by atoms with van der Waals surface area (Å²) in [6.07, 6.45) is 2.13. The summed E-state index contributed by atoms with van der Waals surface area (Å²) in [5.74, 6) is 0.283. The highest BCUT2D eigenvalue weighted by molar-refractivity contribution is 7.99. The van der Waals surface area contributed by atoms with Crippen molar-refractivity contribution in [3.05, 3.63) is 46.8 Å². The van der Waals surface area contributed by atoms with Gasteiger partial charge in [0.2, 0.25) is 5.91 Å². The van der Waals surface area contributed by atoms with Crippen LogP contribution in [-0.4, -0.2) is 27.3 Å². The fourth-order valence-electron chi connectivity index (χ4n) is 2.90. The number of amides is 1. The van der Waals surface area contributed by atoms with Gasteiger partial charge in [-0.2, -0.15) is 0 Å². The molecule has 1 heterocycles. The number of thioether (sulfide) groups is 1. The number of fused-ring (bicyclic) bond motifs is 2. The van der Waals surface area contributed by atoms with Gasteiger partial charge in [-0.05, 0) is 42.7 Å². The Labute approximate surface area is 149 Å². The molecule has 0 bridgehead atoms. The molecule has 128 valence electrons. The van der Waals surface area contributed by atoms with Crippen molar-refractivity contribution in [3.63, 3.8) is 0 Å². The number of carbonyl (C=O) groups is 1. The summed E-state index contributed by atoms with van der Waals surface area (Å²) >= 11 is 1.32. The lowest BCUT2D eigenvalue weighted by Gasteiger charge is -2.12. The van der Waals surface area contributed by atoms with E-state index in [2.05, 4.69) is 10.3 Å². The molecule has 0 radical (unpaired) electrons. The van der Waals surface area contributed by atoms with Gasteiger partial charge in [0.05, 0.1) is 16.7 Å². The molecule has 0 aliphatic heterocycles. The number of hydrogen-bond acceptors (Lipinski definition) is 4. The fraction of sp³-hybridized carbons (Fsp3) is 0.316. The molecule has 0 spiro atoms. The van der Waals surface area contributed by atoms with Gasteiger partial charge in [0.1, 0.15) is 0 Å². The summed E-state index contributed by atoms with van der Waals surface area (Å²) < 4.78 is 1.65. The van der Waals surface area contributed by atoms with Gasteiger partial charge in [0.15, 0.2) is 5.16 Å². The van der Waals surface area contributed by atoms with Crippen molar-refractivity contribution in [2.75, 3.05) is 5.75 Å². The highest BCUT2D eigenvalue weighted by atomic mass is 32.2. The Balaban J connectivity index is 1.73. The fourth-order valence-corrected chi connectivity index (χ4v) is 3.78. The van der Waals surface area contributed by atoms with Gasteiger partial charge in [0.25, 0.3) is 5.56 Å². The quantitative estimate of drug-likeness (QED) is 0.435. The third kappa shape index (κ3) is 3.26. The third-order valence-electron chi connectivity index (χ3n) is 4.38. The molecule has 5 nitrogen and oxygen atoms in total. The summed E-state index contributed by atoms with van der Waals surface area (Å²) in [4.78, 5) is 29.5. The maximum absolute atomic E-state index is 12.9. The van der Waals surface area contributed by atoms with E-state index in [0.29, 0.717) is 28.6 Å². The van der Waals surface area contributed by atoms with Crippen molar-refractivity contribution in [2.24, 2.45) is 0 Å². The van der Waals surface area contributed by atoms with E-state index in [1.165, 1.54) is 11.8 Å². The molecule has 1 amide bonds. The van der Waals surface area contributed by atoms with Gasteiger partial charge in [-0.15, -0.1) is 0 Å². The topological polar surface area (TPSA) is 64.0 Å². The van der Waals surface area contributed by atoms with Crippen LogP contribution in [0.3, 0.4) is 0 Å². The number of benzene rings is 2. The normalized spacial score (nSPS) is 14.1. The van der Waals surface area contributed by atoms with Crippen LogP contribution in [-0.2, 0) is 11.3 Å². The molecule has 4 rings (SSSR count). The van der Waals surface area contributed by atoms with Crippen LogP contribution in [0, 0.1) is 0 Å². The molecule has 1 aliphatic carbocycles. The van der Waals surface area contributed by atoms with Gasteiger partial charge in [-0.1, -0.05) is 36.0 Å². The van der Waals surface area contributed by atoms with Crippen LogP contribution in [0.5, 0.6) is 0 Å². The molecule has 0 atom stereocenters. The lowest BCUT2D eigenvalue weighted by molar-refractivity contribution is -0.118. The van der Waals surface area contributed by atoms with E-state index >= 15 is 0 Å². The minimum atomic E-state index is -0.0524. The molecule has 0 unspecified atom stereocenters. The van der Waals surface area contributed by atoms with E-state index in [0.717, 1.165) is 23.6 Å². The van der Waals surface area contributed by atoms with Crippen LogP contribution in [0.25, 0.3) is 21.7 Å². The van der Waals surface area contributed by atoms with Crippen LogP contribution < -0.4 is 10.9 Å². The zero-order valence-corrected chi connectivity index (χ0v) is 14.8. The van der Waals surface area contributed by atoms with Gasteiger partial charge in [-0.25, -0.2) is 4.98 Å². The predicted octanol–water partition coefficient (Wildman–Crippen LogP) is 2.94. The van der Waals surface area contributed by atoms with Gasteiger partial charge < -0.3 is 5.32 Å². The SMILES string of the molecule is CCn1c(SCC(=O)NC2CC2)nc2cc3ccccc3cc2c1=O. The monoisotopic (exact) mass is 353 g/mol. The molecule has 25 heavy (non-hydrogen) atoms. The Hall–Kier alpha value is -2.34. The molecule has 1 saturated carbocycles. The van der Waals surface area contributed by atoms with Crippen molar-refractivity contribution in [2.45, 2.75) is 37.5 Å². The molecule has 1 fully saturated rings. The van der Waals surface area contributed by atoms with E-state index in [4.69, 9.17) is 0 Å². The van der Waals surface area contributed by atoms with Crippen molar-refractivity contribution in [1.29, 1.82) is 0 Å². The van der Waals surface area contributed by atoms with Crippen LogP contribution in [0.15, 0.2) is 46.3 Å². The van der Waals surface area contributed by atoms with Crippen molar-refractivity contribution in [3.8, 4) is 0 Å². The van der Waals surface area contributed by atoms with Crippen LogP contribution >= 0.6 is 11.8 Å². The lowest BCUT2D eigenvalue weighted by atomic mass is 10.1. The molecule has 6 heteroatoms. The zero-order valence-electron chi connectivity index (χ0n) is 14.0. The molecule has 1 N–H and O–H groups in total. The van der Waals surface area contributed by atoms with E-state index in [1.807, 2.05) is 43.3 Å². The van der Waals surface area contributed by atoms with Crippen molar-refractivity contribution in [1.82, 2.24) is 14.9 Å². The highest BCUT2D eigenvalue weighted by Gasteiger charge is 2.23. The summed E-state index contributed by atoms with van der Waals surface area (Å²) in [6, 6.07) is 12.1. The first kappa shape index (κ1) is 16.1. The number of carbonyl (C=O) groups excluding carboxylic acids is 1. The molecule has 2 aromatic carbocycles. The van der Waals surface area contributed by atoms with Crippen molar-refractivity contribution >= 4 is 39.3 Å². The van der Waals surface area contributed by atoms with Crippen LogP contribution in [0.1, 0.15) is 19.8 Å². The maximum Gasteiger partial charge on any atom is 0.262 e. The lowest BCUT2D eigenvalue weighted by Crippen LogP contribution is -2.28. The number of rotatable bonds is 5. The zero-order chi connectivity index (χ0) is 17.4. The Morgan fingerprint density at radius 1 is 1.28 bits per heavy atom. The number of hydrogen-bond donors (Lipinski definition) is 1. The van der Waals surface area contributed by atoms with Gasteiger partial charge in [-0.3, -0.25) is 14.2 Å². The number of aromatic nitrogens is 2. The predicted molar refractivity (Wildman–Crippen MR) is 101 cm³/mol. The largest absolute Gasteiger partial charge is 0.353 e. The molecule has 1 aliphatic rings. The first-order valence-electron chi connectivity index (χ1n) is 8.51. The van der Waals surface area contributed by atoms with Gasteiger partial charge in [0, 0.05) is 12.6 Å². The molecule has 0 saturated heterocycles. The summed E-state index contributed by atoms with van der Waals surface area (Å²) in [7, 11) is 0. The Morgan fingerprint density at radius 2 is 2.00 bits per heavy atom. The first-order valence-corrected chi connectivity index (χ1v) is 9.50. The van der Waals surface area contributed by atoms with Gasteiger partial charge >= 0.3 is 0 Å². The molecule has 1 aromatic heterocycles. The average Bonchev–Trinajstić information content (AvgIpc) is 3.42. The second-order valence-corrected chi connectivity index (χ2v) is 7.23. The van der Waals surface area contributed by atoms with E-state index < -0.39 is 0 Å². The molecular formula is C19H19N3O2S. The Bertz CT molecular complexity index is 1020. The van der Waals surface area contributed by atoms with Crippen LogP contribution in [0.2, 0.25) is 0 Å². The minimum Gasteiger partial charge on any atom is -0.353 e. The Kier molecular flexibility index (Phi) is 4.21. The summed E-state index contributed by atoms with van der Waals surface area (Å²) in [5.41, 5.74) is 0.627. The van der Waals surface area contributed by atoms with Crippen LogP contribution in [0.4, 0.5) is 0 Å². The number of nitrogens with one attached hydrogen (secondary N) is 1. The Morgan fingerprint density at radius 3 is 2.68 bits per heavy atom. The van der Waals surface area contributed by atoms with E-state index in [9.17, 15) is 9.59 Å². The standard InChI is InChI=1S/C19H19N3O2S/c1-2-22-18(24)15-9-12-5-3-4-6-13(12)10-16(15)21-19(22)25-11-17(23)20-14-7-8-14/h3-6,9-10,14H,2,7-8,11H2,1H3,(H,20,23). The maximum atomic E-state index is 12.9. The summed E-state index contributed by atoms with van der Waals surface area (Å²) in [6.45, 7) is 2.45. The third-order valence-corrected chi connectivity index (χ3v) is 5.35. The molecule has 3 aromatic rings.